The van der Waals surface area contributed by atoms with Gasteiger partial charge in [-0.05, 0) is 61.9 Å². The molecule has 9 nitrogen and oxygen atoms in total. The number of carbonyl (C=O) groups excluding carboxylic acids is 3. The highest BCUT2D eigenvalue weighted by Crippen LogP contribution is 2.33. The van der Waals surface area contributed by atoms with E-state index >= 15 is 0 Å². The SMILES string of the molecule is CN1CCN(C(=O)c2cc(Cl)c(NC(=O)N3CCN(c4ccc(NC(=O)CCCc5ccccc5)cc4)CC3)c(Cl)c2)CC1. The molecule has 44 heavy (non-hydrogen) atoms. The molecule has 0 unspecified atom stereocenters. The fourth-order valence-electron chi connectivity index (χ4n) is 5.44. The standard InChI is InChI=1S/C33H38Cl2N6O3/c1-38-14-16-40(17-15-38)32(43)25-22-28(34)31(29(35)23-25)37-33(44)41-20-18-39(19-21-41)27-12-10-26(11-13-27)36-30(42)9-5-8-24-6-3-2-4-7-24/h2-4,6-7,10-13,22-23H,5,8-9,14-21H2,1H3,(H,36,42)(H,37,44). The molecule has 2 fully saturated rings. The van der Waals surface area contributed by atoms with Crippen LogP contribution in [0.5, 0.6) is 0 Å². The fourth-order valence-corrected chi connectivity index (χ4v) is 6.02. The number of nitrogens with one attached hydrogen (secondary N) is 2. The van der Waals surface area contributed by atoms with Crippen LogP contribution in [0.1, 0.15) is 28.8 Å². The lowest BCUT2D eigenvalue weighted by atomic mass is 10.1. The number of urea groups is 1. The van der Waals surface area contributed by atoms with Crippen LogP contribution >= 0.6 is 23.2 Å². The summed E-state index contributed by atoms with van der Waals surface area (Å²) in [5.41, 5.74) is 3.73. The molecule has 2 saturated heterocycles. The van der Waals surface area contributed by atoms with Crippen molar-refractivity contribution in [3.05, 3.63) is 87.9 Å². The molecule has 5 rings (SSSR count). The van der Waals surface area contributed by atoms with Crippen LogP contribution in [0.25, 0.3) is 0 Å². The quantitative estimate of drug-likeness (QED) is 0.331. The first-order valence-corrected chi connectivity index (χ1v) is 15.7. The van der Waals surface area contributed by atoms with E-state index in [-0.39, 0.29) is 27.9 Å². The van der Waals surface area contributed by atoms with Gasteiger partial charge in [0, 0.05) is 75.7 Å². The molecule has 0 radical (unpaired) electrons. The third-order valence-electron chi connectivity index (χ3n) is 8.11. The van der Waals surface area contributed by atoms with Crippen molar-refractivity contribution in [1.82, 2.24) is 14.7 Å². The Hall–Kier alpha value is -3.79. The van der Waals surface area contributed by atoms with Crippen molar-refractivity contribution in [1.29, 1.82) is 0 Å². The molecule has 0 saturated carbocycles. The topological polar surface area (TPSA) is 88.2 Å². The molecular formula is C33H38Cl2N6O3. The smallest absolute Gasteiger partial charge is 0.322 e. The summed E-state index contributed by atoms with van der Waals surface area (Å²) < 4.78 is 0. The first-order chi connectivity index (χ1) is 21.3. The first kappa shape index (κ1) is 31.6. The number of piperazine rings is 2. The van der Waals surface area contributed by atoms with Crippen molar-refractivity contribution in [2.45, 2.75) is 19.3 Å². The second kappa shape index (κ2) is 14.8. The lowest BCUT2D eigenvalue weighted by Crippen LogP contribution is -2.50. The van der Waals surface area contributed by atoms with Gasteiger partial charge in [0.2, 0.25) is 5.91 Å². The molecule has 232 valence electrons. The molecule has 4 amide bonds. The number of rotatable bonds is 8. The fraction of sp³-hybridized carbons (Fsp3) is 0.364. The van der Waals surface area contributed by atoms with Crippen LogP contribution in [0.4, 0.5) is 21.9 Å². The lowest BCUT2D eigenvalue weighted by Gasteiger charge is -2.36. The summed E-state index contributed by atoms with van der Waals surface area (Å²) in [6, 6.07) is 20.8. The van der Waals surface area contributed by atoms with Crippen LogP contribution < -0.4 is 15.5 Å². The van der Waals surface area contributed by atoms with Crippen LogP contribution in [0.3, 0.4) is 0 Å². The Morgan fingerprint density at radius 2 is 1.36 bits per heavy atom. The van der Waals surface area contributed by atoms with Crippen molar-refractivity contribution in [3.8, 4) is 0 Å². The highest BCUT2D eigenvalue weighted by molar-refractivity contribution is 6.40. The van der Waals surface area contributed by atoms with E-state index in [0.29, 0.717) is 56.9 Å². The number of aryl methyl sites for hydroxylation is 1. The predicted molar refractivity (Wildman–Crippen MR) is 177 cm³/mol. The van der Waals surface area contributed by atoms with Gasteiger partial charge in [-0.2, -0.15) is 0 Å². The average molecular weight is 638 g/mol. The lowest BCUT2D eigenvalue weighted by molar-refractivity contribution is -0.116. The summed E-state index contributed by atoms with van der Waals surface area (Å²) in [5, 5.41) is 6.27. The molecule has 0 aromatic heterocycles. The van der Waals surface area contributed by atoms with Gasteiger partial charge in [0.05, 0.1) is 15.7 Å². The maximum atomic E-state index is 13.1. The van der Waals surface area contributed by atoms with Gasteiger partial charge in [-0.3, -0.25) is 9.59 Å². The highest BCUT2D eigenvalue weighted by atomic mass is 35.5. The van der Waals surface area contributed by atoms with Gasteiger partial charge in [-0.25, -0.2) is 4.79 Å². The van der Waals surface area contributed by atoms with E-state index < -0.39 is 0 Å². The third-order valence-corrected chi connectivity index (χ3v) is 8.70. The highest BCUT2D eigenvalue weighted by Gasteiger charge is 2.25. The van der Waals surface area contributed by atoms with Crippen LogP contribution in [0.2, 0.25) is 10.0 Å². The number of anilines is 3. The van der Waals surface area contributed by atoms with E-state index in [4.69, 9.17) is 23.2 Å². The molecule has 3 aromatic carbocycles. The Labute approximate surface area is 268 Å². The van der Waals surface area contributed by atoms with Crippen molar-refractivity contribution in [3.63, 3.8) is 0 Å². The van der Waals surface area contributed by atoms with Gasteiger partial charge in [0.1, 0.15) is 0 Å². The zero-order valence-corrected chi connectivity index (χ0v) is 26.4. The molecule has 0 atom stereocenters. The Kier molecular flexibility index (Phi) is 10.6. The van der Waals surface area contributed by atoms with E-state index in [2.05, 4.69) is 32.6 Å². The van der Waals surface area contributed by atoms with E-state index in [1.807, 2.05) is 49.5 Å². The second-order valence-corrected chi connectivity index (χ2v) is 12.1. The van der Waals surface area contributed by atoms with Crippen molar-refractivity contribution < 1.29 is 14.4 Å². The monoisotopic (exact) mass is 636 g/mol. The van der Waals surface area contributed by atoms with Crippen LogP contribution in [-0.2, 0) is 11.2 Å². The number of halogens is 2. The summed E-state index contributed by atoms with van der Waals surface area (Å²) in [6.45, 7) is 5.25. The van der Waals surface area contributed by atoms with Crippen LogP contribution in [-0.4, -0.2) is 92.0 Å². The minimum atomic E-state index is -0.295. The number of nitrogens with zero attached hydrogens (tertiary/aromatic N) is 4. The molecule has 0 spiro atoms. The van der Waals surface area contributed by atoms with Gasteiger partial charge in [0.25, 0.3) is 5.91 Å². The van der Waals surface area contributed by atoms with E-state index in [0.717, 1.165) is 37.3 Å². The summed E-state index contributed by atoms with van der Waals surface area (Å²) in [6.07, 6.45) is 2.14. The Bertz CT molecular complexity index is 1430. The Morgan fingerprint density at radius 3 is 2.00 bits per heavy atom. The minimum absolute atomic E-state index is 0.00443. The molecule has 2 aliphatic rings. The van der Waals surface area contributed by atoms with Gasteiger partial charge < -0.3 is 30.2 Å². The summed E-state index contributed by atoms with van der Waals surface area (Å²) in [5.74, 6) is -0.116. The van der Waals surface area contributed by atoms with Crippen molar-refractivity contribution >= 4 is 58.1 Å². The number of amides is 4. The molecule has 2 N–H and O–H groups in total. The maximum Gasteiger partial charge on any atom is 0.322 e. The van der Waals surface area contributed by atoms with Gasteiger partial charge >= 0.3 is 6.03 Å². The summed E-state index contributed by atoms with van der Waals surface area (Å²) in [4.78, 5) is 46.3. The summed E-state index contributed by atoms with van der Waals surface area (Å²) >= 11 is 13.0. The summed E-state index contributed by atoms with van der Waals surface area (Å²) in [7, 11) is 2.03. The Morgan fingerprint density at radius 1 is 0.750 bits per heavy atom. The van der Waals surface area contributed by atoms with Gasteiger partial charge in [-0.1, -0.05) is 53.5 Å². The third kappa shape index (κ3) is 8.22. The zero-order chi connectivity index (χ0) is 31.1. The number of hydrogen-bond acceptors (Lipinski definition) is 5. The first-order valence-electron chi connectivity index (χ1n) is 15.0. The molecule has 11 heteroatoms. The van der Waals surface area contributed by atoms with Crippen molar-refractivity contribution in [2.24, 2.45) is 0 Å². The maximum absolute atomic E-state index is 13.1. The number of likely N-dealkylation sites (N-methyl/N-ethyl adjacent to an activating group) is 1. The molecule has 2 heterocycles. The Balaban J connectivity index is 1.08. The average Bonchev–Trinajstić information content (AvgIpc) is 3.03. The van der Waals surface area contributed by atoms with Gasteiger partial charge in [0.15, 0.2) is 0 Å². The second-order valence-electron chi connectivity index (χ2n) is 11.2. The largest absolute Gasteiger partial charge is 0.368 e. The number of hydrogen-bond donors (Lipinski definition) is 2. The minimum Gasteiger partial charge on any atom is -0.368 e. The van der Waals surface area contributed by atoms with Gasteiger partial charge in [-0.15, -0.1) is 0 Å². The molecular weight excluding hydrogens is 599 g/mol. The van der Waals surface area contributed by atoms with Crippen LogP contribution in [0, 0.1) is 0 Å². The zero-order valence-electron chi connectivity index (χ0n) is 24.9. The van der Waals surface area contributed by atoms with E-state index in [9.17, 15) is 14.4 Å². The molecule has 3 aromatic rings. The van der Waals surface area contributed by atoms with E-state index in [1.54, 1.807) is 21.9 Å². The molecule has 0 aliphatic carbocycles. The number of benzene rings is 3. The predicted octanol–water partition coefficient (Wildman–Crippen LogP) is 5.70. The van der Waals surface area contributed by atoms with Crippen LogP contribution in [0.15, 0.2) is 66.7 Å². The molecule has 0 bridgehead atoms. The normalized spacial score (nSPS) is 15.7. The molecule has 2 aliphatic heterocycles. The number of carbonyl (C=O) groups is 3. The van der Waals surface area contributed by atoms with Crippen molar-refractivity contribution in [2.75, 3.05) is 74.9 Å². The van der Waals surface area contributed by atoms with E-state index in [1.165, 1.54) is 5.56 Å².